The molecule has 0 aliphatic carbocycles. The van der Waals surface area contributed by atoms with Crippen LogP contribution < -0.4 is 4.90 Å². The molecule has 4 nitrogen and oxygen atoms in total. The molecule has 0 amide bonds. The van der Waals surface area contributed by atoms with Gasteiger partial charge in [-0.15, -0.1) is 11.3 Å². The number of thiophene rings is 1. The minimum atomic E-state index is 0.630. The van der Waals surface area contributed by atoms with Gasteiger partial charge in [-0.05, 0) is 56.5 Å². The minimum absolute atomic E-state index is 0.630. The molecular weight excluding hydrogens is 340 g/mol. The van der Waals surface area contributed by atoms with E-state index in [1.807, 2.05) is 0 Å². The smallest absolute Gasteiger partial charge is 0.102 e. The maximum Gasteiger partial charge on any atom is 0.102 e. The predicted octanol–water partition coefficient (Wildman–Crippen LogP) is 4.55. The number of aromatic nitrogens is 2. The fourth-order valence-corrected chi connectivity index (χ4v) is 4.40. The minimum Gasteiger partial charge on any atom is -0.371 e. The van der Waals surface area contributed by atoms with Crippen molar-refractivity contribution in [1.82, 2.24) is 15.1 Å². The summed E-state index contributed by atoms with van der Waals surface area (Å²) in [6.07, 6.45) is 2.41. The van der Waals surface area contributed by atoms with Crippen molar-refractivity contribution in [2.45, 2.75) is 32.4 Å². The van der Waals surface area contributed by atoms with Crippen molar-refractivity contribution < 1.29 is 0 Å². The molecule has 0 radical (unpaired) electrons. The zero-order valence-electron chi connectivity index (χ0n) is 15.5. The van der Waals surface area contributed by atoms with Gasteiger partial charge in [0, 0.05) is 37.1 Å². The quantitative estimate of drug-likeness (QED) is 0.720. The number of hydrogen-bond acceptors (Lipinski definition) is 4. The van der Waals surface area contributed by atoms with Crippen molar-refractivity contribution in [2.24, 2.45) is 0 Å². The van der Waals surface area contributed by atoms with Crippen LogP contribution in [0.2, 0.25) is 0 Å². The van der Waals surface area contributed by atoms with E-state index in [1.54, 1.807) is 11.3 Å². The lowest BCUT2D eigenvalue weighted by atomic mass is 10.0. The molecule has 4 rings (SSSR count). The van der Waals surface area contributed by atoms with Crippen molar-refractivity contribution in [3.05, 3.63) is 59.1 Å². The van der Waals surface area contributed by atoms with E-state index >= 15 is 0 Å². The maximum absolute atomic E-state index is 4.47. The summed E-state index contributed by atoms with van der Waals surface area (Å²) in [6.45, 7) is 5.32. The van der Waals surface area contributed by atoms with E-state index in [9.17, 15) is 0 Å². The summed E-state index contributed by atoms with van der Waals surface area (Å²) in [5.41, 5.74) is 4.92. The Kier molecular flexibility index (Phi) is 5.09. The first-order valence-electron chi connectivity index (χ1n) is 9.29. The van der Waals surface area contributed by atoms with Crippen LogP contribution in [0.25, 0.3) is 10.6 Å². The summed E-state index contributed by atoms with van der Waals surface area (Å²) >= 11 is 1.73. The van der Waals surface area contributed by atoms with Crippen molar-refractivity contribution in [1.29, 1.82) is 0 Å². The molecule has 1 aliphatic heterocycles. The number of aryl methyl sites for hydroxylation is 1. The van der Waals surface area contributed by atoms with Crippen LogP contribution in [0, 0.1) is 6.92 Å². The Bertz CT molecular complexity index is 814. The Hall–Kier alpha value is -2.11. The van der Waals surface area contributed by atoms with E-state index < -0.39 is 0 Å². The number of rotatable bonds is 5. The maximum atomic E-state index is 4.47. The van der Waals surface area contributed by atoms with Crippen LogP contribution >= 0.6 is 11.3 Å². The fraction of sp³-hybridized carbons (Fsp3) is 0.381. The number of piperidine rings is 1. The molecule has 0 unspecified atom stereocenters. The number of benzene rings is 1. The SMILES string of the molecule is Cc1ccc(N2CCC(N(C)Cc3cc(-c4cccs4)n[nH]3)CC2)cc1. The molecule has 0 spiro atoms. The van der Waals surface area contributed by atoms with E-state index in [-0.39, 0.29) is 0 Å². The second-order valence-corrected chi connectivity index (χ2v) is 8.17. The summed E-state index contributed by atoms with van der Waals surface area (Å²) in [6, 6.07) is 15.9. The van der Waals surface area contributed by atoms with Crippen LogP contribution in [0.4, 0.5) is 5.69 Å². The van der Waals surface area contributed by atoms with Crippen molar-refractivity contribution in [3.63, 3.8) is 0 Å². The molecule has 26 heavy (non-hydrogen) atoms. The average Bonchev–Trinajstić information content (AvgIpc) is 3.34. The molecule has 0 bridgehead atoms. The van der Waals surface area contributed by atoms with Crippen molar-refractivity contribution in [3.8, 4) is 10.6 Å². The van der Waals surface area contributed by atoms with Crippen LogP contribution in [0.5, 0.6) is 0 Å². The molecule has 2 aromatic heterocycles. The zero-order valence-corrected chi connectivity index (χ0v) is 16.3. The van der Waals surface area contributed by atoms with Gasteiger partial charge in [0.1, 0.15) is 5.69 Å². The van der Waals surface area contributed by atoms with Gasteiger partial charge < -0.3 is 4.90 Å². The molecule has 0 atom stereocenters. The van der Waals surface area contributed by atoms with Gasteiger partial charge in [-0.3, -0.25) is 10.00 Å². The van der Waals surface area contributed by atoms with Crippen LogP contribution in [-0.2, 0) is 6.54 Å². The lowest BCUT2D eigenvalue weighted by Gasteiger charge is -2.37. The molecule has 3 aromatic rings. The Labute approximate surface area is 159 Å². The Morgan fingerprint density at radius 3 is 2.65 bits per heavy atom. The van der Waals surface area contributed by atoms with Gasteiger partial charge in [-0.25, -0.2) is 0 Å². The summed E-state index contributed by atoms with van der Waals surface area (Å²) in [7, 11) is 2.23. The molecule has 1 aliphatic rings. The van der Waals surface area contributed by atoms with E-state index in [4.69, 9.17) is 0 Å². The summed E-state index contributed by atoms with van der Waals surface area (Å²) < 4.78 is 0. The second-order valence-electron chi connectivity index (χ2n) is 7.22. The second kappa shape index (κ2) is 7.64. The normalized spacial score (nSPS) is 15.7. The third-order valence-corrected chi connectivity index (χ3v) is 6.20. The number of aromatic amines is 1. The van der Waals surface area contributed by atoms with E-state index in [2.05, 4.69) is 81.8 Å². The highest BCUT2D eigenvalue weighted by atomic mass is 32.1. The van der Waals surface area contributed by atoms with Gasteiger partial charge in [0.05, 0.1) is 4.88 Å². The van der Waals surface area contributed by atoms with Gasteiger partial charge in [-0.1, -0.05) is 23.8 Å². The number of hydrogen-bond donors (Lipinski definition) is 1. The molecule has 1 aromatic carbocycles. The molecular formula is C21H26N4S. The number of nitrogens with one attached hydrogen (secondary N) is 1. The van der Waals surface area contributed by atoms with Crippen molar-refractivity contribution >= 4 is 17.0 Å². The Morgan fingerprint density at radius 1 is 1.19 bits per heavy atom. The van der Waals surface area contributed by atoms with E-state index in [1.165, 1.54) is 34.7 Å². The molecule has 136 valence electrons. The topological polar surface area (TPSA) is 35.2 Å². The molecule has 1 saturated heterocycles. The van der Waals surface area contributed by atoms with E-state index in [0.717, 1.165) is 25.3 Å². The first kappa shape index (κ1) is 17.3. The van der Waals surface area contributed by atoms with Gasteiger partial charge in [0.2, 0.25) is 0 Å². The first-order chi connectivity index (χ1) is 12.7. The monoisotopic (exact) mass is 366 g/mol. The lowest BCUT2D eigenvalue weighted by molar-refractivity contribution is 0.198. The van der Waals surface area contributed by atoms with Crippen LogP contribution in [0.15, 0.2) is 47.8 Å². The zero-order chi connectivity index (χ0) is 17.9. The number of H-pyrrole nitrogens is 1. The summed E-state index contributed by atoms with van der Waals surface area (Å²) in [5.74, 6) is 0. The van der Waals surface area contributed by atoms with Gasteiger partial charge in [-0.2, -0.15) is 5.10 Å². The van der Waals surface area contributed by atoms with Crippen LogP contribution in [0.1, 0.15) is 24.1 Å². The molecule has 1 fully saturated rings. The molecule has 3 heterocycles. The summed E-state index contributed by atoms with van der Waals surface area (Å²) in [4.78, 5) is 6.20. The first-order valence-corrected chi connectivity index (χ1v) is 10.2. The molecule has 5 heteroatoms. The summed E-state index contributed by atoms with van der Waals surface area (Å²) in [5, 5.41) is 9.77. The largest absolute Gasteiger partial charge is 0.371 e. The molecule has 0 saturated carbocycles. The van der Waals surface area contributed by atoms with Crippen LogP contribution in [0.3, 0.4) is 0 Å². The van der Waals surface area contributed by atoms with E-state index in [0.29, 0.717) is 6.04 Å². The lowest BCUT2D eigenvalue weighted by Crippen LogP contribution is -2.43. The highest BCUT2D eigenvalue weighted by molar-refractivity contribution is 7.13. The highest BCUT2D eigenvalue weighted by Crippen LogP contribution is 2.25. The molecule has 1 N–H and O–H groups in total. The Morgan fingerprint density at radius 2 is 1.96 bits per heavy atom. The standard InChI is InChI=1S/C21H26N4S/c1-16-5-7-19(8-6-16)25-11-9-18(10-12-25)24(2)15-17-14-20(23-22-17)21-4-3-13-26-21/h3-8,13-14,18H,9-12,15H2,1-2H3,(H,22,23). The number of anilines is 1. The van der Waals surface area contributed by atoms with Crippen LogP contribution in [-0.4, -0.2) is 41.3 Å². The number of nitrogens with zero attached hydrogens (tertiary/aromatic N) is 3. The van der Waals surface area contributed by atoms with Gasteiger partial charge in [0.15, 0.2) is 0 Å². The van der Waals surface area contributed by atoms with Gasteiger partial charge >= 0.3 is 0 Å². The highest BCUT2D eigenvalue weighted by Gasteiger charge is 2.23. The fourth-order valence-electron chi connectivity index (χ4n) is 3.71. The Balaban J connectivity index is 1.32. The third-order valence-electron chi connectivity index (χ3n) is 5.31. The van der Waals surface area contributed by atoms with Crippen molar-refractivity contribution in [2.75, 3.05) is 25.0 Å². The van der Waals surface area contributed by atoms with Gasteiger partial charge in [0.25, 0.3) is 0 Å². The predicted molar refractivity (Wildman–Crippen MR) is 110 cm³/mol. The third kappa shape index (κ3) is 3.84. The average molecular weight is 367 g/mol.